The molecule has 1 amide bonds. The van der Waals surface area contributed by atoms with Crippen LogP contribution >= 0.6 is 23.1 Å². The number of amides is 1. The molecule has 1 saturated heterocycles. The van der Waals surface area contributed by atoms with Gasteiger partial charge in [-0.1, -0.05) is 13.3 Å². The van der Waals surface area contributed by atoms with Gasteiger partial charge in [-0.3, -0.25) is 9.69 Å². The van der Waals surface area contributed by atoms with Crippen molar-refractivity contribution in [3.63, 3.8) is 0 Å². The standard InChI is InChI=1S/C14H23N3OS2/c1-3-19-13-6-4-5-7-17(9-13)8-12-10-20-14(16-12)15-11(2)18/h10,13H,3-9H2,1-2H3,(H,15,16,18)/t13-/m1/s1. The van der Waals surface area contributed by atoms with E-state index in [2.05, 4.69) is 39.3 Å². The molecule has 2 heterocycles. The molecule has 1 aliphatic rings. The number of thiazole rings is 1. The second-order valence-corrected chi connectivity index (χ2v) is 7.57. The third-order valence-electron chi connectivity index (χ3n) is 3.33. The van der Waals surface area contributed by atoms with Gasteiger partial charge in [0.2, 0.25) is 5.91 Å². The lowest BCUT2D eigenvalue weighted by molar-refractivity contribution is -0.114. The molecular formula is C14H23N3OS2. The third-order valence-corrected chi connectivity index (χ3v) is 5.33. The van der Waals surface area contributed by atoms with Crippen LogP contribution in [0.5, 0.6) is 0 Å². The molecule has 1 aromatic rings. The zero-order chi connectivity index (χ0) is 14.4. The molecule has 0 bridgehead atoms. The molecule has 112 valence electrons. The molecule has 6 heteroatoms. The molecule has 0 radical (unpaired) electrons. The van der Waals surface area contributed by atoms with Gasteiger partial charge in [-0.25, -0.2) is 4.98 Å². The summed E-state index contributed by atoms with van der Waals surface area (Å²) in [7, 11) is 0. The molecule has 0 saturated carbocycles. The summed E-state index contributed by atoms with van der Waals surface area (Å²) < 4.78 is 0. The fourth-order valence-electron chi connectivity index (χ4n) is 2.51. The van der Waals surface area contributed by atoms with Gasteiger partial charge in [-0.15, -0.1) is 11.3 Å². The zero-order valence-corrected chi connectivity index (χ0v) is 13.9. The fraction of sp³-hybridized carbons (Fsp3) is 0.714. The average Bonchev–Trinajstić information content (AvgIpc) is 2.68. The van der Waals surface area contributed by atoms with Crippen molar-refractivity contribution in [2.24, 2.45) is 0 Å². The van der Waals surface area contributed by atoms with E-state index >= 15 is 0 Å². The number of likely N-dealkylation sites (tertiary alicyclic amines) is 1. The minimum absolute atomic E-state index is 0.0555. The SMILES string of the molecule is CCS[C@@H]1CCCCN(Cc2csc(NC(C)=O)n2)C1. The summed E-state index contributed by atoms with van der Waals surface area (Å²) in [6.07, 6.45) is 3.95. The Labute approximate surface area is 129 Å². The maximum atomic E-state index is 11.0. The van der Waals surface area contributed by atoms with E-state index in [1.807, 2.05) is 0 Å². The first-order valence-corrected chi connectivity index (χ1v) is 9.16. The van der Waals surface area contributed by atoms with Crippen LogP contribution in [0.4, 0.5) is 5.13 Å². The summed E-state index contributed by atoms with van der Waals surface area (Å²) in [5.41, 5.74) is 1.07. The van der Waals surface area contributed by atoms with Crippen LogP contribution in [0.25, 0.3) is 0 Å². The van der Waals surface area contributed by atoms with Gasteiger partial charge in [0.05, 0.1) is 5.69 Å². The Morgan fingerprint density at radius 2 is 2.45 bits per heavy atom. The zero-order valence-electron chi connectivity index (χ0n) is 12.2. The summed E-state index contributed by atoms with van der Waals surface area (Å²) in [5.74, 6) is 1.14. The van der Waals surface area contributed by atoms with Gasteiger partial charge in [0, 0.05) is 30.6 Å². The van der Waals surface area contributed by atoms with Crippen LogP contribution in [0, 0.1) is 0 Å². The normalized spacial score (nSPS) is 20.6. The lowest BCUT2D eigenvalue weighted by Crippen LogP contribution is -2.29. The predicted molar refractivity (Wildman–Crippen MR) is 87.5 cm³/mol. The Bertz CT molecular complexity index is 436. The Balaban J connectivity index is 1.90. The molecule has 0 aromatic carbocycles. The van der Waals surface area contributed by atoms with Gasteiger partial charge >= 0.3 is 0 Å². The van der Waals surface area contributed by atoms with E-state index in [0.29, 0.717) is 5.13 Å². The van der Waals surface area contributed by atoms with Crippen LogP contribution in [0.2, 0.25) is 0 Å². The van der Waals surface area contributed by atoms with Crippen LogP contribution in [-0.4, -0.2) is 39.9 Å². The number of aromatic nitrogens is 1. The highest BCUT2D eigenvalue weighted by atomic mass is 32.2. The van der Waals surface area contributed by atoms with Crippen molar-refractivity contribution < 1.29 is 4.79 Å². The van der Waals surface area contributed by atoms with Crippen LogP contribution in [-0.2, 0) is 11.3 Å². The second-order valence-electron chi connectivity index (χ2n) is 5.13. The number of nitrogens with one attached hydrogen (secondary N) is 1. The van der Waals surface area contributed by atoms with Crippen LogP contribution in [0.1, 0.15) is 38.8 Å². The molecule has 0 unspecified atom stereocenters. The average molecular weight is 313 g/mol. The number of nitrogens with zero attached hydrogens (tertiary/aromatic N) is 2. The molecule has 0 aliphatic carbocycles. The van der Waals surface area contributed by atoms with Crippen molar-refractivity contribution in [1.82, 2.24) is 9.88 Å². The van der Waals surface area contributed by atoms with Crippen LogP contribution in [0.15, 0.2) is 5.38 Å². The number of anilines is 1. The van der Waals surface area contributed by atoms with E-state index in [4.69, 9.17) is 0 Å². The highest BCUT2D eigenvalue weighted by Crippen LogP contribution is 2.24. The Morgan fingerprint density at radius 3 is 3.20 bits per heavy atom. The molecule has 2 rings (SSSR count). The van der Waals surface area contributed by atoms with Gasteiger partial charge in [-0.05, 0) is 25.1 Å². The van der Waals surface area contributed by atoms with Gasteiger partial charge in [-0.2, -0.15) is 11.8 Å². The Kier molecular flexibility index (Phi) is 6.32. The largest absolute Gasteiger partial charge is 0.302 e. The highest BCUT2D eigenvalue weighted by molar-refractivity contribution is 7.99. The number of hydrogen-bond acceptors (Lipinski definition) is 5. The van der Waals surface area contributed by atoms with Crippen molar-refractivity contribution in [3.8, 4) is 0 Å². The molecule has 4 nitrogen and oxygen atoms in total. The highest BCUT2D eigenvalue weighted by Gasteiger charge is 2.19. The molecule has 1 aromatic heterocycles. The number of carbonyl (C=O) groups is 1. The van der Waals surface area contributed by atoms with Crippen molar-refractivity contribution in [3.05, 3.63) is 11.1 Å². The maximum Gasteiger partial charge on any atom is 0.223 e. The molecule has 1 N–H and O–H groups in total. The topological polar surface area (TPSA) is 45.2 Å². The van der Waals surface area contributed by atoms with Crippen molar-refractivity contribution in [1.29, 1.82) is 0 Å². The third kappa shape index (κ3) is 5.07. The summed E-state index contributed by atoms with van der Waals surface area (Å²) in [4.78, 5) is 18.0. The second kappa shape index (κ2) is 8.00. The van der Waals surface area contributed by atoms with E-state index < -0.39 is 0 Å². The summed E-state index contributed by atoms with van der Waals surface area (Å²) >= 11 is 3.58. The van der Waals surface area contributed by atoms with Crippen molar-refractivity contribution in [2.75, 3.05) is 24.2 Å². The summed E-state index contributed by atoms with van der Waals surface area (Å²) in [6, 6.07) is 0. The van der Waals surface area contributed by atoms with Crippen LogP contribution < -0.4 is 5.32 Å². The van der Waals surface area contributed by atoms with Gasteiger partial charge < -0.3 is 5.32 Å². The predicted octanol–water partition coefficient (Wildman–Crippen LogP) is 3.21. The Hall–Kier alpha value is -0.590. The molecule has 1 aliphatic heterocycles. The number of hydrogen-bond donors (Lipinski definition) is 1. The lowest BCUT2D eigenvalue weighted by atomic mass is 10.2. The molecule has 1 fully saturated rings. The van der Waals surface area contributed by atoms with Crippen LogP contribution in [0.3, 0.4) is 0 Å². The van der Waals surface area contributed by atoms with Gasteiger partial charge in [0.1, 0.15) is 0 Å². The van der Waals surface area contributed by atoms with E-state index in [1.54, 1.807) is 0 Å². The van der Waals surface area contributed by atoms with Crippen molar-refractivity contribution >= 4 is 34.1 Å². The first-order chi connectivity index (χ1) is 9.67. The molecule has 20 heavy (non-hydrogen) atoms. The monoisotopic (exact) mass is 313 g/mol. The van der Waals surface area contributed by atoms with E-state index in [-0.39, 0.29) is 5.91 Å². The summed E-state index contributed by atoms with van der Waals surface area (Å²) in [6.45, 7) is 6.97. The smallest absolute Gasteiger partial charge is 0.223 e. The van der Waals surface area contributed by atoms with E-state index in [0.717, 1.165) is 30.6 Å². The van der Waals surface area contributed by atoms with E-state index in [1.165, 1.54) is 43.3 Å². The van der Waals surface area contributed by atoms with Gasteiger partial charge in [0.15, 0.2) is 5.13 Å². The first-order valence-electron chi connectivity index (χ1n) is 7.23. The number of rotatable bonds is 5. The minimum Gasteiger partial charge on any atom is -0.302 e. The number of carbonyl (C=O) groups excluding carboxylic acids is 1. The minimum atomic E-state index is -0.0555. The molecular weight excluding hydrogens is 290 g/mol. The Morgan fingerprint density at radius 1 is 1.60 bits per heavy atom. The van der Waals surface area contributed by atoms with Crippen molar-refractivity contribution in [2.45, 2.75) is 44.9 Å². The van der Waals surface area contributed by atoms with Gasteiger partial charge in [0.25, 0.3) is 0 Å². The molecule has 0 spiro atoms. The fourth-order valence-corrected chi connectivity index (χ4v) is 4.38. The first kappa shape index (κ1) is 15.8. The quantitative estimate of drug-likeness (QED) is 0.906. The molecule has 1 atom stereocenters. The summed E-state index contributed by atoms with van der Waals surface area (Å²) in [5, 5.41) is 6.27. The number of thioether (sulfide) groups is 1. The maximum absolute atomic E-state index is 11.0. The van der Waals surface area contributed by atoms with E-state index in [9.17, 15) is 4.79 Å². The lowest BCUT2D eigenvalue weighted by Gasteiger charge is -2.22.